The third kappa shape index (κ3) is 4.03. The first-order valence-electron chi connectivity index (χ1n) is 8.05. The Bertz CT molecular complexity index is 628. The maximum absolute atomic E-state index is 9.76. The van der Waals surface area contributed by atoms with Gasteiger partial charge in [0.1, 0.15) is 0 Å². The summed E-state index contributed by atoms with van der Waals surface area (Å²) in [5.74, 6) is 1.94. The number of benzene rings is 2. The van der Waals surface area contributed by atoms with Crippen LogP contribution in [0.4, 0.5) is 0 Å². The zero-order valence-corrected chi connectivity index (χ0v) is 13.4. The molecule has 0 aromatic heterocycles. The molecule has 1 heterocycles. The molecule has 0 radical (unpaired) electrons. The van der Waals surface area contributed by atoms with Gasteiger partial charge in [-0.05, 0) is 30.9 Å². The SMILES string of the molecule is CC(O)CC(CNCc1cccc2c1OCO2)c1ccccc1. The number of hydrogen-bond acceptors (Lipinski definition) is 4. The van der Waals surface area contributed by atoms with Gasteiger partial charge in [0.2, 0.25) is 6.79 Å². The second-order valence-corrected chi connectivity index (χ2v) is 5.97. The second kappa shape index (κ2) is 7.49. The zero-order chi connectivity index (χ0) is 16.1. The molecule has 2 unspecified atom stereocenters. The summed E-state index contributed by atoms with van der Waals surface area (Å²) in [7, 11) is 0. The molecule has 3 rings (SSSR count). The summed E-state index contributed by atoms with van der Waals surface area (Å²) in [6, 6.07) is 16.3. The predicted molar refractivity (Wildman–Crippen MR) is 89.8 cm³/mol. The standard InChI is InChI=1S/C19H23NO3/c1-14(21)10-17(15-6-3-2-4-7-15)12-20-11-16-8-5-9-18-19(16)23-13-22-18/h2-9,14,17,20-21H,10-13H2,1H3. The van der Waals surface area contributed by atoms with E-state index in [1.54, 1.807) is 0 Å². The minimum Gasteiger partial charge on any atom is -0.454 e. The van der Waals surface area contributed by atoms with E-state index in [1.807, 2.05) is 43.3 Å². The fourth-order valence-corrected chi connectivity index (χ4v) is 2.99. The van der Waals surface area contributed by atoms with Crippen molar-refractivity contribution in [1.29, 1.82) is 0 Å². The molecule has 0 spiro atoms. The molecule has 1 aliphatic rings. The lowest BCUT2D eigenvalue weighted by atomic mass is 9.93. The number of rotatable bonds is 7. The molecule has 23 heavy (non-hydrogen) atoms. The molecule has 0 aliphatic carbocycles. The van der Waals surface area contributed by atoms with Crippen LogP contribution in [0, 0.1) is 0 Å². The Balaban J connectivity index is 1.62. The lowest BCUT2D eigenvalue weighted by Crippen LogP contribution is -2.24. The van der Waals surface area contributed by atoms with E-state index in [4.69, 9.17) is 9.47 Å². The minimum absolute atomic E-state index is 0.283. The number of nitrogens with one attached hydrogen (secondary N) is 1. The Labute approximate surface area is 137 Å². The maximum Gasteiger partial charge on any atom is 0.231 e. The normalized spacial score (nSPS) is 15.4. The smallest absolute Gasteiger partial charge is 0.231 e. The van der Waals surface area contributed by atoms with Gasteiger partial charge in [-0.15, -0.1) is 0 Å². The Kier molecular flexibility index (Phi) is 5.16. The molecule has 0 saturated carbocycles. The largest absolute Gasteiger partial charge is 0.454 e. The van der Waals surface area contributed by atoms with Crippen LogP contribution in [0.3, 0.4) is 0 Å². The van der Waals surface area contributed by atoms with Crippen LogP contribution >= 0.6 is 0 Å². The fraction of sp³-hybridized carbons (Fsp3) is 0.368. The molecule has 2 atom stereocenters. The Morgan fingerprint density at radius 2 is 1.91 bits per heavy atom. The second-order valence-electron chi connectivity index (χ2n) is 5.97. The van der Waals surface area contributed by atoms with Crippen molar-refractivity contribution in [2.24, 2.45) is 0 Å². The van der Waals surface area contributed by atoms with Crippen LogP contribution in [0.15, 0.2) is 48.5 Å². The van der Waals surface area contributed by atoms with E-state index in [0.717, 1.165) is 36.6 Å². The molecule has 0 fully saturated rings. The predicted octanol–water partition coefficient (Wildman–Crippen LogP) is 3.06. The van der Waals surface area contributed by atoms with Gasteiger partial charge in [-0.25, -0.2) is 0 Å². The summed E-state index contributed by atoms with van der Waals surface area (Å²) in [4.78, 5) is 0. The molecule has 4 heteroatoms. The van der Waals surface area contributed by atoms with Crippen LogP contribution < -0.4 is 14.8 Å². The zero-order valence-electron chi connectivity index (χ0n) is 13.4. The molecule has 0 amide bonds. The fourth-order valence-electron chi connectivity index (χ4n) is 2.99. The van der Waals surface area contributed by atoms with Crippen LogP contribution in [0.2, 0.25) is 0 Å². The van der Waals surface area contributed by atoms with Crippen LogP contribution in [-0.2, 0) is 6.54 Å². The van der Waals surface area contributed by atoms with Gasteiger partial charge < -0.3 is 19.9 Å². The average molecular weight is 313 g/mol. The van der Waals surface area contributed by atoms with Crippen molar-refractivity contribution < 1.29 is 14.6 Å². The van der Waals surface area contributed by atoms with E-state index < -0.39 is 0 Å². The molecular weight excluding hydrogens is 290 g/mol. The highest BCUT2D eigenvalue weighted by molar-refractivity contribution is 5.48. The third-order valence-corrected chi connectivity index (χ3v) is 4.08. The topological polar surface area (TPSA) is 50.7 Å². The van der Waals surface area contributed by atoms with E-state index >= 15 is 0 Å². The highest BCUT2D eigenvalue weighted by atomic mass is 16.7. The average Bonchev–Trinajstić information content (AvgIpc) is 3.04. The molecule has 0 saturated heterocycles. The third-order valence-electron chi connectivity index (χ3n) is 4.08. The molecule has 4 nitrogen and oxygen atoms in total. The van der Waals surface area contributed by atoms with Gasteiger partial charge in [-0.1, -0.05) is 42.5 Å². The van der Waals surface area contributed by atoms with Crippen molar-refractivity contribution in [3.05, 3.63) is 59.7 Å². The molecular formula is C19H23NO3. The van der Waals surface area contributed by atoms with Gasteiger partial charge in [-0.2, -0.15) is 0 Å². The van der Waals surface area contributed by atoms with Crippen molar-refractivity contribution in [2.75, 3.05) is 13.3 Å². The number of ether oxygens (including phenoxy) is 2. The van der Waals surface area contributed by atoms with E-state index in [1.165, 1.54) is 5.56 Å². The van der Waals surface area contributed by atoms with Gasteiger partial charge in [0.25, 0.3) is 0 Å². The maximum atomic E-state index is 9.76. The van der Waals surface area contributed by atoms with Gasteiger partial charge in [0.15, 0.2) is 11.5 Å². The van der Waals surface area contributed by atoms with Crippen molar-refractivity contribution >= 4 is 0 Å². The van der Waals surface area contributed by atoms with Gasteiger partial charge in [0.05, 0.1) is 6.10 Å². The lowest BCUT2D eigenvalue weighted by Gasteiger charge is -2.20. The summed E-state index contributed by atoms with van der Waals surface area (Å²) < 4.78 is 10.9. The van der Waals surface area contributed by atoms with Crippen molar-refractivity contribution in [1.82, 2.24) is 5.32 Å². The van der Waals surface area contributed by atoms with Crippen molar-refractivity contribution in [3.8, 4) is 11.5 Å². The van der Waals surface area contributed by atoms with Crippen LogP contribution in [0.1, 0.15) is 30.4 Å². The summed E-state index contributed by atoms with van der Waals surface area (Å²) >= 11 is 0. The Hall–Kier alpha value is -2.04. The van der Waals surface area contributed by atoms with Gasteiger partial charge >= 0.3 is 0 Å². The number of para-hydroxylation sites is 1. The van der Waals surface area contributed by atoms with Crippen molar-refractivity contribution in [2.45, 2.75) is 31.9 Å². The van der Waals surface area contributed by atoms with Crippen LogP contribution in [0.5, 0.6) is 11.5 Å². The van der Waals surface area contributed by atoms with E-state index in [-0.39, 0.29) is 12.0 Å². The Morgan fingerprint density at radius 1 is 1.09 bits per heavy atom. The number of fused-ring (bicyclic) bond motifs is 1. The summed E-state index contributed by atoms with van der Waals surface area (Å²) in [5, 5.41) is 13.3. The summed E-state index contributed by atoms with van der Waals surface area (Å²) in [6.45, 7) is 3.65. The first-order chi connectivity index (χ1) is 11.2. The quantitative estimate of drug-likeness (QED) is 0.825. The number of hydrogen-bond donors (Lipinski definition) is 2. The number of aliphatic hydroxyl groups is 1. The molecule has 2 N–H and O–H groups in total. The van der Waals surface area contributed by atoms with Crippen LogP contribution in [0.25, 0.3) is 0 Å². The molecule has 122 valence electrons. The monoisotopic (exact) mass is 313 g/mol. The van der Waals surface area contributed by atoms with Crippen LogP contribution in [-0.4, -0.2) is 24.5 Å². The Morgan fingerprint density at radius 3 is 2.70 bits per heavy atom. The highest BCUT2D eigenvalue weighted by Crippen LogP contribution is 2.35. The summed E-state index contributed by atoms with van der Waals surface area (Å²) in [6.07, 6.45) is 0.420. The molecule has 2 aromatic carbocycles. The number of aliphatic hydroxyl groups excluding tert-OH is 1. The minimum atomic E-state index is -0.320. The van der Waals surface area contributed by atoms with Crippen molar-refractivity contribution in [3.63, 3.8) is 0 Å². The summed E-state index contributed by atoms with van der Waals surface area (Å²) in [5.41, 5.74) is 2.35. The van der Waals surface area contributed by atoms with E-state index in [2.05, 4.69) is 17.4 Å². The highest BCUT2D eigenvalue weighted by Gasteiger charge is 2.18. The first-order valence-corrected chi connectivity index (χ1v) is 8.05. The molecule has 1 aliphatic heterocycles. The van der Waals surface area contributed by atoms with Gasteiger partial charge in [0, 0.05) is 18.7 Å². The van der Waals surface area contributed by atoms with Gasteiger partial charge in [-0.3, -0.25) is 0 Å². The lowest BCUT2D eigenvalue weighted by molar-refractivity contribution is 0.171. The first kappa shape index (κ1) is 15.8. The molecule has 0 bridgehead atoms. The van der Waals surface area contributed by atoms with E-state index in [0.29, 0.717) is 6.79 Å². The molecule has 2 aromatic rings. The van der Waals surface area contributed by atoms with E-state index in [9.17, 15) is 5.11 Å².